The third kappa shape index (κ3) is 9.75. The van der Waals surface area contributed by atoms with Crippen LogP contribution in [0.2, 0.25) is 0 Å². The van der Waals surface area contributed by atoms with Crippen molar-refractivity contribution in [2.24, 2.45) is 10.9 Å². The summed E-state index contributed by atoms with van der Waals surface area (Å²) in [6, 6.07) is 7.85. The van der Waals surface area contributed by atoms with Gasteiger partial charge in [-0.15, -0.1) is 24.0 Å². The topological polar surface area (TPSA) is 65.5 Å². The highest BCUT2D eigenvalue weighted by atomic mass is 127. The molecule has 0 fully saturated rings. The van der Waals surface area contributed by atoms with E-state index < -0.39 is 0 Å². The van der Waals surface area contributed by atoms with Gasteiger partial charge in [-0.2, -0.15) is 0 Å². The van der Waals surface area contributed by atoms with Crippen LogP contribution < -0.4 is 16.0 Å². The fourth-order valence-corrected chi connectivity index (χ4v) is 2.01. The molecule has 0 spiro atoms. The Balaban J connectivity index is 0.00000529. The Morgan fingerprint density at radius 3 is 2.58 bits per heavy atom. The lowest BCUT2D eigenvalue weighted by atomic mass is 10.2. The first kappa shape index (κ1) is 22.7. The van der Waals surface area contributed by atoms with E-state index in [-0.39, 0.29) is 29.9 Å². The summed E-state index contributed by atoms with van der Waals surface area (Å²) in [5.41, 5.74) is 1.90. The van der Waals surface area contributed by atoms with Gasteiger partial charge in [0, 0.05) is 25.2 Å². The Morgan fingerprint density at radius 2 is 1.96 bits per heavy atom. The lowest BCUT2D eigenvalue weighted by Gasteiger charge is -2.13. The molecule has 0 aromatic heterocycles. The van der Waals surface area contributed by atoms with Crippen LogP contribution in [0.4, 0.5) is 5.69 Å². The molecule has 0 atom stereocenters. The first-order valence-electron chi connectivity index (χ1n) is 8.46. The Labute approximate surface area is 163 Å². The van der Waals surface area contributed by atoms with Crippen LogP contribution in [0.25, 0.3) is 0 Å². The van der Waals surface area contributed by atoms with E-state index in [1.807, 2.05) is 31.2 Å². The number of rotatable bonds is 8. The molecule has 0 saturated carbocycles. The number of nitrogens with one attached hydrogen (secondary N) is 3. The number of benzene rings is 1. The molecular formula is C18H31IN4O. The summed E-state index contributed by atoms with van der Waals surface area (Å²) in [4.78, 5) is 16.3. The molecule has 0 heterocycles. The Bertz CT molecular complexity index is 517. The van der Waals surface area contributed by atoms with Crippen molar-refractivity contribution in [3.63, 3.8) is 0 Å². The van der Waals surface area contributed by atoms with Crippen LogP contribution >= 0.6 is 24.0 Å². The number of halogens is 1. The van der Waals surface area contributed by atoms with Crippen molar-refractivity contribution in [3.8, 4) is 0 Å². The highest BCUT2D eigenvalue weighted by Gasteiger charge is 2.02. The van der Waals surface area contributed by atoms with Gasteiger partial charge in [0.05, 0.1) is 6.54 Å². The maximum Gasteiger partial charge on any atom is 0.224 e. The number of aliphatic imine (C=N–C) groups is 1. The first-order chi connectivity index (χ1) is 11.0. The van der Waals surface area contributed by atoms with Crippen LogP contribution in [0, 0.1) is 5.92 Å². The number of hydrogen-bond donors (Lipinski definition) is 3. The largest absolute Gasteiger partial charge is 0.357 e. The average molecular weight is 446 g/mol. The fraction of sp³-hybridized carbons (Fsp3) is 0.556. The Hall–Kier alpha value is -1.31. The molecule has 1 amide bonds. The quantitative estimate of drug-likeness (QED) is 0.324. The highest BCUT2D eigenvalue weighted by molar-refractivity contribution is 14.0. The highest BCUT2D eigenvalue weighted by Crippen LogP contribution is 2.12. The SMILES string of the molecule is CCCC(=O)Nc1cccc(CN=C(NCC)NCC(C)C)c1.I. The molecule has 24 heavy (non-hydrogen) atoms. The van der Waals surface area contributed by atoms with E-state index in [2.05, 4.69) is 41.7 Å². The molecule has 0 aliphatic rings. The Kier molecular flexibility index (Phi) is 12.3. The maximum atomic E-state index is 11.7. The number of hydrogen-bond acceptors (Lipinski definition) is 2. The molecule has 6 heteroatoms. The summed E-state index contributed by atoms with van der Waals surface area (Å²) in [6.45, 7) is 10.7. The van der Waals surface area contributed by atoms with Crippen molar-refractivity contribution >= 4 is 41.5 Å². The lowest BCUT2D eigenvalue weighted by molar-refractivity contribution is -0.116. The second-order valence-electron chi connectivity index (χ2n) is 5.97. The minimum Gasteiger partial charge on any atom is -0.357 e. The van der Waals surface area contributed by atoms with Crippen molar-refractivity contribution in [2.75, 3.05) is 18.4 Å². The van der Waals surface area contributed by atoms with Gasteiger partial charge < -0.3 is 16.0 Å². The summed E-state index contributed by atoms with van der Waals surface area (Å²) >= 11 is 0. The van der Waals surface area contributed by atoms with Crippen molar-refractivity contribution in [3.05, 3.63) is 29.8 Å². The summed E-state index contributed by atoms with van der Waals surface area (Å²) in [5, 5.41) is 9.48. The van der Waals surface area contributed by atoms with E-state index in [0.717, 1.165) is 36.7 Å². The van der Waals surface area contributed by atoms with Gasteiger partial charge in [-0.05, 0) is 37.0 Å². The van der Waals surface area contributed by atoms with E-state index in [0.29, 0.717) is 18.9 Å². The molecule has 0 bridgehead atoms. The molecule has 0 aliphatic heterocycles. The van der Waals surface area contributed by atoms with Crippen molar-refractivity contribution in [2.45, 2.75) is 47.1 Å². The molecule has 0 aliphatic carbocycles. The molecule has 1 aromatic rings. The van der Waals surface area contributed by atoms with Gasteiger partial charge in [0.2, 0.25) is 5.91 Å². The summed E-state index contributed by atoms with van der Waals surface area (Å²) in [5.74, 6) is 1.44. The number of anilines is 1. The van der Waals surface area contributed by atoms with Gasteiger partial charge in [-0.3, -0.25) is 4.79 Å². The van der Waals surface area contributed by atoms with Gasteiger partial charge in [0.1, 0.15) is 0 Å². The predicted molar refractivity (Wildman–Crippen MR) is 113 cm³/mol. The monoisotopic (exact) mass is 446 g/mol. The molecule has 3 N–H and O–H groups in total. The molecule has 1 aromatic carbocycles. The zero-order chi connectivity index (χ0) is 17.1. The molecule has 5 nitrogen and oxygen atoms in total. The number of carbonyl (C=O) groups excluding carboxylic acids is 1. The van der Waals surface area contributed by atoms with E-state index in [1.54, 1.807) is 0 Å². The zero-order valence-corrected chi connectivity index (χ0v) is 17.5. The summed E-state index contributed by atoms with van der Waals surface area (Å²) in [6.07, 6.45) is 1.40. The zero-order valence-electron chi connectivity index (χ0n) is 15.2. The predicted octanol–water partition coefficient (Wildman–Crippen LogP) is 3.75. The number of carbonyl (C=O) groups is 1. The minimum absolute atomic E-state index is 0. The molecule has 0 unspecified atom stereocenters. The second-order valence-corrected chi connectivity index (χ2v) is 5.97. The van der Waals surface area contributed by atoms with Crippen LogP contribution in [0.3, 0.4) is 0 Å². The number of nitrogens with zero attached hydrogens (tertiary/aromatic N) is 1. The maximum absolute atomic E-state index is 11.7. The van der Waals surface area contributed by atoms with Crippen molar-refractivity contribution < 1.29 is 4.79 Å². The standard InChI is InChI=1S/C18H30N4O.HI/c1-5-8-17(23)22-16-10-7-9-15(11-16)13-21-18(19-6-2)20-12-14(3)4;/h7,9-11,14H,5-6,8,12-13H2,1-4H3,(H,22,23)(H2,19,20,21);1H. The number of amides is 1. The van der Waals surface area contributed by atoms with Crippen LogP contribution in [-0.2, 0) is 11.3 Å². The summed E-state index contributed by atoms with van der Waals surface area (Å²) in [7, 11) is 0. The molecular weight excluding hydrogens is 415 g/mol. The van der Waals surface area contributed by atoms with Gasteiger partial charge in [0.25, 0.3) is 0 Å². The van der Waals surface area contributed by atoms with Gasteiger partial charge >= 0.3 is 0 Å². The van der Waals surface area contributed by atoms with Crippen molar-refractivity contribution in [1.29, 1.82) is 0 Å². The van der Waals surface area contributed by atoms with Crippen LogP contribution in [-0.4, -0.2) is 25.0 Å². The Morgan fingerprint density at radius 1 is 1.21 bits per heavy atom. The van der Waals surface area contributed by atoms with E-state index >= 15 is 0 Å². The van der Waals surface area contributed by atoms with Gasteiger partial charge in [-0.25, -0.2) is 4.99 Å². The van der Waals surface area contributed by atoms with Gasteiger partial charge in [0.15, 0.2) is 5.96 Å². The van der Waals surface area contributed by atoms with Crippen LogP contribution in [0.1, 0.15) is 46.1 Å². The minimum atomic E-state index is 0. The molecule has 1 rings (SSSR count). The average Bonchev–Trinajstić information content (AvgIpc) is 2.50. The normalized spacial score (nSPS) is 11.0. The smallest absolute Gasteiger partial charge is 0.224 e. The molecule has 0 saturated heterocycles. The van der Waals surface area contributed by atoms with Crippen molar-refractivity contribution in [1.82, 2.24) is 10.6 Å². The van der Waals surface area contributed by atoms with E-state index in [4.69, 9.17) is 0 Å². The molecule has 0 radical (unpaired) electrons. The first-order valence-corrected chi connectivity index (χ1v) is 8.46. The van der Waals surface area contributed by atoms with Crippen LogP contribution in [0.15, 0.2) is 29.3 Å². The summed E-state index contributed by atoms with van der Waals surface area (Å²) < 4.78 is 0. The third-order valence-corrected chi connectivity index (χ3v) is 3.13. The molecule has 136 valence electrons. The third-order valence-electron chi connectivity index (χ3n) is 3.13. The fourth-order valence-electron chi connectivity index (χ4n) is 2.01. The van der Waals surface area contributed by atoms with Crippen LogP contribution in [0.5, 0.6) is 0 Å². The van der Waals surface area contributed by atoms with E-state index in [1.165, 1.54) is 0 Å². The van der Waals surface area contributed by atoms with E-state index in [9.17, 15) is 4.79 Å². The van der Waals surface area contributed by atoms with Gasteiger partial charge in [-0.1, -0.05) is 32.9 Å². The number of guanidine groups is 1. The lowest BCUT2D eigenvalue weighted by Crippen LogP contribution is -2.39. The second kappa shape index (κ2) is 13.0.